The molecule has 0 aliphatic heterocycles. The molecule has 2 aromatic carbocycles. The number of halogens is 1. The zero-order valence-electron chi connectivity index (χ0n) is 14.0. The first-order valence-electron chi connectivity index (χ1n) is 7.94. The first-order chi connectivity index (χ1) is 12.6. The Bertz CT molecular complexity index is 952. The topological polar surface area (TPSA) is 77.2 Å². The van der Waals surface area contributed by atoms with Gasteiger partial charge in [0.2, 0.25) is 5.78 Å². The number of aromatic nitrogens is 3. The summed E-state index contributed by atoms with van der Waals surface area (Å²) in [6, 6.07) is 12.8. The summed E-state index contributed by atoms with van der Waals surface area (Å²) in [4.78, 5) is 12.3. The second-order valence-corrected chi connectivity index (χ2v) is 6.22. The highest BCUT2D eigenvalue weighted by Crippen LogP contribution is 2.35. The molecule has 132 valence electrons. The molecule has 7 heteroatoms. The minimum absolute atomic E-state index is 0.0288. The Morgan fingerprint density at radius 3 is 2.81 bits per heavy atom. The van der Waals surface area contributed by atoms with Crippen LogP contribution in [0, 0.1) is 0 Å². The third kappa shape index (κ3) is 4.00. The minimum Gasteiger partial charge on any atom is -0.503 e. The molecular formula is C19H16BrN3O3. The maximum atomic E-state index is 12.3. The molecule has 0 saturated heterocycles. The van der Waals surface area contributed by atoms with Gasteiger partial charge in [-0.05, 0) is 58.8 Å². The lowest BCUT2D eigenvalue weighted by atomic mass is 10.1. The molecule has 0 fully saturated rings. The Labute approximate surface area is 158 Å². The van der Waals surface area contributed by atoms with Gasteiger partial charge in [0, 0.05) is 0 Å². The van der Waals surface area contributed by atoms with Crippen molar-refractivity contribution in [1.82, 2.24) is 15.0 Å². The molecule has 0 saturated carbocycles. The number of para-hydroxylation sites is 1. The summed E-state index contributed by atoms with van der Waals surface area (Å²) < 4.78 is 7.42. The van der Waals surface area contributed by atoms with Crippen molar-refractivity contribution >= 4 is 27.8 Å². The van der Waals surface area contributed by atoms with E-state index in [-0.39, 0.29) is 17.2 Å². The smallest absolute Gasteiger partial charge is 0.207 e. The number of rotatable bonds is 6. The molecule has 3 rings (SSSR count). The van der Waals surface area contributed by atoms with Gasteiger partial charge in [0.05, 0.1) is 23.0 Å². The highest BCUT2D eigenvalue weighted by atomic mass is 79.9. The van der Waals surface area contributed by atoms with E-state index in [1.54, 1.807) is 29.1 Å². The first-order valence-corrected chi connectivity index (χ1v) is 8.73. The Hall–Kier alpha value is -2.93. The third-order valence-electron chi connectivity index (χ3n) is 3.54. The minimum atomic E-state index is -0.269. The predicted octanol–water partition coefficient (Wildman–Crippen LogP) is 4.03. The SMILES string of the molecule is CCOc1cc(C=CC(=O)c2cn(-c3ccccc3)nn2)cc(Br)c1O. The molecular weight excluding hydrogens is 398 g/mol. The molecule has 3 aromatic rings. The molecule has 1 heterocycles. The van der Waals surface area contributed by atoms with Crippen LogP contribution in [0.25, 0.3) is 11.8 Å². The lowest BCUT2D eigenvalue weighted by Crippen LogP contribution is -1.95. The van der Waals surface area contributed by atoms with Gasteiger partial charge < -0.3 is 9.84 Å². The largest absolute Gasteiger partial charge is 0.503 e. The number of ketones is 1. The van der Waals surface area contributed by atoms with Crippen molar-refractivity contribution in [3.8, 4) is 17.2 Å². The van der Waals surface area contributed by atoms with Crippen molar-refractivity contribution in [1.29, 1.82) is 0 Å². The first kappa shape index (κ1) is 17.9. The lowest BCUT2D eigenvalue weighted by molar-refractivity contribution is 0.104. The molecule has 0 aliphatic rings. The van der Waals surface area contributed by atoms with Gasteiger partial charge in [-0.25, -0.2) is 4.68 Å². The normalized spacial score (nSPS) is 11.0. The van der Waals surface area contributed by atoms with E-state index in [9.17, 15) is 9.90 Å². The van der Waals surface area contributed by atoms with Crippen molar-refractivity contribution in [3.05, 3.63) is 70.5 Å². The van der Waals surface area contributed by atoms with Crippen molar-refractivity contribution in [2.45, 2.75) is 6.92 Å². The van der Waals surface area contributed by atoms with Crippen LogP contribution < -0.4 is 4.74 Å². The second kappa shape index (κ2) is 7.97. The molecule has 0 amide bonds. The number of ether oxygens (including phenoxy) is 1. The molecule has 1 N–H and O–H groups in total. The molecule has 0 bridgehead atoms. The number of allylic oxidation sites excluding steroid dienone is 1. The monoisotopic (exact) mass is 413 g/mol. The van der Waals surface area contributed by atoms with Crippen LogP contribution in [0.1, 0.15) is 23.0 Å². The maximum Gasteiger partial charge on any atom is 0.207 e. The highest BCUT2D eigenvalue weighted by molar-refractivity contribution is 9.10. The molecule has 0 radical (unpaired) electrons. The van der Waals surface area contributed by atoms with Gasteiger partial charge >= 0.3 is 0 Å². The fraction of sp³-hybridized carbons (Fsp3) is 0.105. The lowest BCUT2D eigenvalue weighted by Gasteiger charge is -2.08. The van der Waals surface area contributed by atoms with Crippen LogP contribution in [-0.4, -0.2) is 32.5 Å². The number of phenols is 1. The van der Waals surface area contributed by atoms with Crippen LogP contribution in [0.15, 0.2) is 59.2 Å². The van der Waals surface area contributed by atoms with E-state index in [0.29, 0.717) is 22.4 Å². The maximum absolute atomic E-state index is 12.3. The zero-order chi connectivity index (χ0) is 18.5. The van der Waals surface area contributed by atoms with E-state index in [4.69, 9.17) is 4.74 Å². The number of carbonyl (C=O) groups is 1. The van der Waals surface area contributed by atoms with Crippen LogP contribution in [-0.2, 0) is 0 Å². The fourth-order valence-electron chi connectivity index (χ4n) is 2.30. The fourth-order valence-corrected chi connectivity index (χ4v) is 2.76. The van der Waals surface area contributed by atoms with Gasteiger partial charge in [0.25, 0.3) is 0 Å². The second-order valence-electron chi connectivity index (χ2n) is 5.36. The standard InChI is InChI=1S/C19H16BrN3O3/c1-2-26-18-11-13(10-15(20)19(18)25)8-9-17(24)16-12-23(22-21-16)14-6-4-3-5-7-14/h3-12,25H,2H2,1H3. The van der Waals surface area contributed by atoms with E-state index >= 15 is 0 Å². The van der Waals surface area contributed by atoms with Gasteiger partial charge in [-0.1, -0.05) is 29.5 Å². The van der Waals surface area contributed by atoms with Gasteiger partial charge in [0.15, 0.2) is 17.2 Å². The van der Waals surface area contributed by atoms with E-state index < -0.39 is 0 Å². The van der Waals surface area contributed by atoms with E-state index in [1.807, 2.05) is 37.3 Å². The van der Waals surface area contributed by atoms with Crippen molar-refractivity contribution in [2.24, 2.45) is 0 Å². The third-order valence-corrected chi connectivity index (χ3v) is 4.15. The quantitative estimate of drug-likeness (QED) is 0.487. The van der Waals surface area contributed by atoms with E-state index in [1.165, 1.54) is 6.08 Å². The Balaban J connectivity index is 1.79. The van der Waals surface area contributed by atoms with Crippen LogP contribution in [0.4, 0.5) is 0 Å². The summed E-state index contributed by atoms with van der Waals surface area (Å²) in [5.41, 5.74) is 1.78. The van der Waals surface area contributed by atoms with Crippen LogP contribution in [0.5, 0.6) is 11.5 Å². The Morgan fingerprint density at radius 2 is 2.08 bits per heavy atom. The molecule has 0 unspecified atom stereocenters. The zero-order valence-corrected chi connectivity index (χ0v) is 15.5. The summed E-state index contributed by atoms with van der Waals surface area (Å²) in [6.07, 6.45) is 4.63. The van der Waals surface area contributed by atoms with Crippen LogP contribution in [0.3, 0.4) is 0 Å². The number of phenolic OH excluding ortho intramolecular Hbond substituents is 1. The van der Waals surface area contributed by atoms with Gasteiger partial charge in [-0.3, -0.25) is 4.79 Å². The molecule has 0 aliphatic carbocycles. The average Bonchev–Trinajstić information content (AvgIpc) is 3.15. The Kier molecular flexibility index (Phi) is 5.48. The van der Waals surface area contributed by atoms with Crippen LogP contribution >= 0.6 is 15.9 Å². The highest BCUT2D eigenvalue weighted by Gasteiger charge is 2.10. The summed E-state index contributed by atoms with van der Waals surface area (Å²) in [5, 5.41) is 17.8. The van der Waals surface area contributed by atoms with Crippen molar-refractivity contribution in [3.63, 3.8) is 0 Å². The van der Waals surface area contributed by atoms with Crippen molar-refractivity contribution in [2.75, 3.05) is 6.61 Å². The number of carbonyl (C=O) groups excluding carboxylic acids is 1. The number of hydrogen-bond donors (Lipinski definition) is 1. The number of hydrogen-bond acceptors (Lipinski definition) is 5. The molecule has 26 heavy (non-hydrogen) atoms. The Morgan fingerprint density at radius 1 is 1.31 bits per heavy atom. The van der Waals surface area contributed by atoms with Gasteiger partial charge in [-0.15, -0.1) is 5.10 Å². The molecule has 6 nitrogen and oxygen atoms in total. The predicted molar refractivity (Wildman–Crippen MR) is 102 cm³/mol. The summed E-state index contributed by atoms with van der Waals surface area (Å²) >= 11 is 3.27. The molecule has 1 aromatic heterocycles. The van der Waals surface area contributed by atoms with Crippen molar-refractivity contribution < 1.29 is 14.6 Å². The van der Waals surface area contributed by atoms with E-state index in [2.05, 4.69) is 26.2 Å². The summed E-state index contributed by atoms with van der Waals surface area (Å²) in [7, 11) is 0. The van der Waals surface area contributed by atoms with E-state index in [0.717, 1.165) is 5.69 Å². The molecule has 0 spiro atoms. The number of nitrogens with zero attached hydrogens (tertiary/aromatic N) is 3. The molecule has 0 atom stereocenters. The van der Waals surface area contributed by atoms with Gasteiger partial charge in [0.1, 0.15) is 0 Å². The number of aromatic hydroxyl groups is 1. The average molecular weight is 414 g/mol. The van der Waals surface area contributed by atoms with Gasteiger partial charge in [-0.2, -0.15) is 0 Å². The number of benzene rings is 2. The summed E-state index contributed by atoms with van der Waals surface area (Å²) in [5.74, 6) is 0.111. The van der Waals surface area contributed by atoms with Crippen LogP contribution in [0.2, 0.25) is 0 Å². The summed E-state index contributed by atoms with van der Waals surface area (Å²) in [6.45, 7) is 2.25.